The molecule has 1 N–H and O–H groups in total. The Labute approximate surface area is 172 Å². The number of amides is 2. The Hall–Kier alpha value is -3.02. The topological polar surface area (TPSA) is 61.9 Å². The molecule has 29 heavy (non-hydrogen) atoms. The zero-order valence-corrected chi connectivity index (χ0v) is 17.4. The molecule has 2 aromatic carbocycles. The van der Waals surface area contributed by atoms with E-state index < -0.39 is 5.60 Å². The van der Waals surface area contributed by atoms with Crippen LogP contribution in [0.3, 0.4) is 0 Å². The zero-order chi connectivity index (χ0) is 20.9. The van der Waals surface area contributed by atoms with Gasteiger partial charge in [0.25, 0.3) is 5.91 Å². The lowest BCUT2D eigenvalue weighted by atomic mass is 10.1. The Morgan fingerprint density at radius 3 is 2.24 bits per heavy atom. The number of carbonyl (C=O) groups is 2. The average Bonchev–Trinajstić information content (AvgIpc) is 2.74. The van der Waals surface area contributed by atoms with Gasteiger partial charge in [0.15, 0.2) is 5.60 Å². The van der Waals surface area contributed by atoms with E-state index in [1.807, 2.05) is 66.4 Å². The number of nitrogens with one attached hydrogen (secondary N) is 1. The molecule has 0 spiro atoms. The molecule has 3 rings (SSSR count). The number of para-hydroxylation sites is 3. The minimum absolute atomic E-state index is 0.186. The van der Waals surface area contributed by atoms with Gasteiger partial charge in [0.2, 0.25) is 5.91 Å². The molecule has 0 aromatic heterocycles. The van der Waals surface area contributed by atoms with E-state index in [0.717, 1.165) is 24.5 Å². The molecule has 2 amide bonds. The average molecular weight is 396 g/mol. The SMILES string of the molecule is CCC(=O)N1CCN(c2ccccc2NC(=O)C(C)(C)Oc2ccccc2)CC1. The zero-order valence-electron chi connectivity index (χ0n) is 17.4. The van der Waals surface area contributed by atoms with Crippen molar-refractivity contribution < 1.29 is 14.3 Å². The van der Waals surface area contributed by atoms with Gasteiger partial charge in [0.1, 0.15) is 5.75 Å². The lowest BCUT2D eigenvalue weighted by molar-refractivity contribution is -0.131. The maximum Gasteiger partial charge on any atom is 0.268 e. The number of ether oxygens (including phenoxy) is 1. The molecule has 0 radical (unpaired) electrons. The van der Waals surface area contributed by atoms with Gasteiger partial charge in [-0.15, -0.1) is 0 Å². The summed E-state index contributed by atoms with van der Waals surface area (Å²) in [6, 6.07) is 17.1. The van der Waals surface area contributed by atoms with E-state index in [9.17, 15) is 9.59 Å². The first-order valence-electron chi connectivity index (χ1n) is 10.1. The maximum atomic E-state index is 12.9. The second-order valence-electron chi connectivity index (χ2n) is 7.62. The molecule has 1 fully saturated rings. The number of carbonyl (C=O) groups excluding carboxylic acids is 2. The van der Waals surface area contributed by atoms with Gasteiger partial charge in [0, 0.05) is 32.6 Å². The molecular formula is C23H29N3O3. The Bertz CT molecular complexity index is 843. The summed E-state index contributed by atoms with van der Waals surface area (Å²) in [4.78, 5) is 29.0. The van der Waals surface area contributed by atoms with E-state index in [2.05, 4.69) is 10.2 Å². The van der Waals surface area contributed by atoms with Crippen molar-refractivity contribution in [3.05, 3.63) is 54.6 Å². The summed E-state index contributed by atoms with van der Waals surface area (Å²) in [7, 11) is 0. The lowest BCUT2D eigenvalue weighted by Crippen LogP contribution is -2.49. The Morgan fingerprint density at radius 2 is 1.59 bits per heavy atom. The maximum absolute atomic E-state index is 12.9. The van der Waals surface area contributed by atoms with Gasteiger partial charge in [-0.1, -0.05) is 37.3 Å². The van der Waals surface area contributed by atoms with Gasteiger partial charge >= 0.3 is 0 Å². The van der Waals surface area contributed by atoms with Crippen LogP contribution in [0.4, 0.5) is 11.4 Å². The Morgan fingerprint density at radius 1 is 0.966 bits per heavy atom. The van der Waals surface area contributed by atoms with Crippen LogP contribution in [0.5, 0.6) is 5.75 Å². The van der Waals surface area contributed by atoms with Crippen LogP contribution in [-0.2, 0) is 9.59 Å². The third-order valence-corrected chi connectivity index (χ3v) is 5.09. The number of hydrogen-bond acceptors (Lipinski definition) is 4. The van der Waals surface area contributed by atoms with Crippen molar-refractivity contribution in [3.8, 4) is 5.75 Å². The van der Waals surface area contributed by atoms with E-state index >= 15 is 0 Å². The van der Waals surface area contributed by atoms with Crippen molar-refractivity contribution in [2.45, 2.75) is 32.8 Å². The van der Waals surface area contributed by atoms with E-state index in [1.165, 1.54) is 0 Å². The van der Waals surface area contributed by atoms with E-state index in [4.69, 9.17) is 4.74 Å². The number of hydrogen-bond donors (Lipinski definition) is 1. The summed E-state index contributed by atoms with van der Waals surface area (Å²) < 4.78 is 5.90. The first-order chi connectivity index (χ1) is 13.9. The van der Waals surface area contributed by atoms with Crippen molar-refractivity contribution in [3.63, 3.8) is 0 Å². The van der Waals surface area contributed by atoms with Gasteiger partial charge in [0.05, 0.1) is 11.4 Å². The Balaban J connectivity index is 1.69. The number of piperazine rings is 1. The second-order valence-corrected chi connectivity index (χ2v) is 7.62. The predicted octanol–water partition coefficient (Wildman–Crippen LogP) is 3.54. The quantitative estimate of drug-likeness (QED) is 0.813. The molecule has 154 valence electrons. The van der Waals surface area contributed by atoms with Crippen LogP contribution in [-0.4, -0.2) is 48.5 Å². The van der Waals surface area contributed by atoms with Crippen molar-refractivity contribution in [2.75, 3.05) is 36.4 Å². The van der Waals surface area contributed by atoms with Crippen molar-refractivity contribution >= 4 is 23.2 Å². The third-order valence-electron chi connectivity index (χ3n) is 5.09. The van der Waals surface area contributed by atoms with Gasteiger partial charge in [-0.25, -0.2) is 0 Å². The number of rotatable bonds is 6. The second kappa shape index (κ2) is 8.99. The van der Waals surface area contributed by atoms with Crippen molar-refractivity contribution in [1.82, 2.24) is 4.90 Å². The van der Waals surface area contributed by atoms with Crippen molar-refractivity contribution in [1.29, 1.82) is 0 Å². The van der Waals surface area contributed by atoms with Gasteiger partial charge in [-0.05, 0) is 38.1 Å². The number of benzene rings is 2. The third kappa shape index (κ3) is 5.08. The van der Waals surface area contributed by atoms with E-state index in [0.29, 0.717) is 25.3 Å². The summed E-state index contributed by atoms with van der Waals surface area (Å²) in [6.45, 7) is 8.26. The molecule has 1 heterocycles. The molecule has 0 aliphatic carbocycles. The highest BCUT2D eigenvalue weighted by atomic mass is 16.5. The summed E-state index contributed by atoms with van der Waals surface area (Å²) in [5.74, 6) is 0.622. The fraction of sp³-hybridized carbons (Fsp3) is 0.391. The highest BCUT2D eigenvalue weighted by Crippen LogP contribution is 2.28. The Kier molecular flexibility index (Phi) is 6.42. The fourth-order valence-electron chi connectivity index (χ4n) is 3.38. The molecule has 6 nitrogen and oxygen atoms in total. The van der Waals surface area contributed by atoms with Crippen LogP contribution < -0.4 is 15.0 Å². The summed E-state index contributed by atoms with van der Waals surface area (Å²) >= 11 is 0. The van der Waals surface area contributed by atoms with Gasteiger partial charge in [-0.2, -0.15) is 0 Å². The summed E-state index contributed by atoms with van der Waals surface area (Å²) in [6.07, 6.45) is 0.531. The smallest absolute Gasteiger partial charge is 0.268 e. The van der Waals surface area contributed by atoms with Gasteiger partial charge in [-0.3, -0.25) is 9.59 Å². The van der Waals surface area contributed by atoms with Crippen LogP contribution in [0.25, 0.3) is 0 Å². The highest BCUT2D eigenvalue weighted by molar-refractivity contribution is 5.99. The molecule has 0 unspecified atom stereocenters. The lowest BCUT2D eigenvalue weighted by Gasteiger charge is -2.37. The van der Waals surface area contributed by atoms with Crippen LogP contribution in [0.15, 0.2) is 54.6 Å². The molecule has 6 heteroatoms. The van der Waals surface area contributed by atoms with E-state index in [1.54, 1.807) is 13.8 Å². The standard InChI is InChI=1S/C23H29N3O3/c1-4-21(27)26-16-14-25(15-17-26)20-13-9-8-12-19(20)24-22(28)23(2,3)29-18-10-6-5-7-11-18/h5-13H,4,14-17H2,1-3H3,(H,24,28). The number of anilines is 2. The number of nitrogens with zero attached hydrogens (tertiary/aromatic N) is 2. The minimum Gasteiger partial charge on any atom is -0.478 e. The monoisotopic (exact) mass is 395 g/mol. The largest absolute Gasteiger partial charge is 0.478 e. The minimum atomic E-state index is -1.03. The molecule has 1 aliphatic heterocycles. The van der Waals surface area contributed by atoms with Crippen LogP contribution >= 0.6 is 0 Å². The van der Waals surface area contributed by atoms with Crippen LogP contribution in [0.1, 0.15) is 27.2 Å². The first kappa shape index (κ1) is 20.7. The molecule has 1 aliphatic rings. The van der Waals surface area contributed by atoms with Crippen LogP contribution in [0.2, 0.25) is 0 Å². The first-order valence-corrected chi connectivity index (χ1v) is 10.1. The fourth-order valence-corrected chi connectivity index (χ4v) is 3.38. The van der Waals surface area contributed by atoms with Crippen molar-refractivity contribution in [2.24, 2.45) is 0 Å². The summed E-state index contributed by atoms with van der Waals surface area (Å²) in [5.41, 5.74) is 0.679. The van der Waals surface area contributed by atoms with Gasteiger partial charge < -0.3 is 19.9 Å². The molecule has 0 atom stereocenters. The molecule has 0 bridgehead atoms. The van der Waals surface area contributed by atoms with E-state index in [-0.39, 0.29) is 11.8 Å². The van der Waals surface area contributed by atoms with Crippen LogP contribution in [0, 0.1) is 0 Å². The molecule has 2 aromatic rings. The molecule has 1 saturated heterocycles. The summed E-state index contributed by atoms with van der Waals surface area (Å²) in [5, 5.41) is 3.03. The molecule has 0 saturated carbocycles. The normalized spacial score (nSPS) is 14.4. The highest BCUT2D eigenvalue weighted by Gasteiger charge is 2.31. The predicted molar refractivity (Wildman–Crippen MR) is 115 cm³/mol. The molecular weight excluding hydrogens is 366 g/mol.